The number of hydrogen-bond donors (Lipinski definition) is 1. The van der Waals surface area contributed by atoms with Crippen molar-refractivity contribution in [2.24, 2.45) is 5.92 Å². The number of benzene rings is 1. The molecule has 0 bridgehead atoms. The molecule has 1 aliphatic heterocycles. The van der Waals surface area contributed by atoms with E-state index in [-0.39, 0.29) is 15.8 Å². The van der Waals surface area contributed by atoms with Gasteiger partial charge in [-0.15, -0.1) is 0 Å². The molecule has 1 aliphatic rings. The topological polar surface area (TPSA) is 75.7 Å². The second-order valence-electron chi connectivity index (χ2n) is 7.31. The van der Waals surface area contributed by atoms with E-state index in [0.717, 1.165) is 0 Å². The predicted octanol–water partition coefficient (Wildman–Crippen LogP) is 3.92. The zero-order valence-corrected chi connectivity index (χ0v) is 17.4. The summed E-state index contributed by atoms with van der Waals surface area (Å²) < 4.78 is 32.1. The quantitative estimate of drug-likeness (QED) is 0.797. The van der Waals surface area contributed by atoms with Crippen molar-refractivity contribution in [3.63, 3.8) is 0 Å². The molecule has 0 atom stereocenters. The van der Waals surface area contributed by atoms with E-state index in [4.69, 9.17) is 27.9 Å². The Bertz CT molecular complexity index is 755. The molecule has 1 aromatic rings. The summed E-state index contributed by atoms with van der Waals surface area (Å²) >= 11 is 11.8. The van der Waals surface area contributed by atoms with Crippen molar-refractivity contribution in [2.45, 2.75) is 44.1 Å². The molecule has 0 aromatic heterocycles. The highest BCUT2D eigenvalue weighted by Gasteiger charge is 2.30. The molecule has 1 aromatic carbocycles. The Kier molecular flexibility index (Phi) is 6.82. The average Bonchev–Trinajstić information content (AvgIpc) is 2.54. The van der Waals surface area contributed by atoms with E-state index in [2.05, 4.69) is 5.32 Å². The number of piperidine rings is 1. The van der Waals surface area contributed by atoms with Crippen molar-refractivity contribution in [1.29, 1.82) is 0 Å². The van der Waals surface area contributed by atoms with Gasteiger partial charge in [-0.25, -0.2) is 13.2 Å². The summed E-state index contributed by atoms with van der Waals surface area (Å²) in [4.78, 5) is 11.8. The first-order valence-corrected chi connectivity index (χ1v) is 10.6. The Balaban J connectivity index is 1.89. The van der Waals surface area contributed by atoms with E-state index in [0.29, 0.717) is 37.5 Å². The summed E-state index contributed by atoms with van der Waals surface area (Å²) in [7, 11) is -3.60. The summed E-state index contributed by atoms with van der Waals surface area (Å²) in [5.74, 6) is 0.211. The first kappa shape index (κ1) is 21.3. The lowest BCUT2D eigenvalue weighted by molar-refractivity contribution is 0.0513. The fraction of sp³-hybridized carbons (Fsp3) is 0.588. The lowest BCUT2D eigenvalue weighted by Gasteiger charge is -2.31. The van der Waals surface area contributed by atoms with Gasteiger partial charge in [0.05, 0.1) is 14.9 Å². The Hall–Kier alpha value is -1.02. The number of carbonyl (C=O) groups excluding carboxylic acids is 1. The molecule has 0 unspecified atom stereocenters. The highest BCUT2D eigenvalue weighted by molar-refractivity contribution is 7.89. The van der Waals surface area contributed by atoms with E-state index in [9.17, 15) is 13.2 Å². The molecule has 0 saturated carbocycles. The molecule has 0 aliphatic carbocycles. The van der Waals surface area contributed by atoms with Crippen LogP contribution in [0.5, 0.6) is 0 Å². The Morgan fingerprint density at radius 3 is 2.38 bits per heavy atom. The second kappa shape index (κ2) is 8.33. The molecule has 1 saturated heterocycles. The molecule has 0 radical (unpaired) electrons. The molecule has 1 N–H and O–H groups in total. The lowest BCUT2D eigenvalue weighted by Crippen LogP contribution is -2.42. The second-order valence-corrected chi connectivity index (χ2v) is 10.1. The minimum Gasteiger partial charge on any atom is -0.444 e. The SMILES string of the molecule is CC(C)(C)OC(=O)NCC1CCN(S(=O)(=O)c2ccc(Cl)c(Cl)c2)CC1. The molecule has 1 fully saturated rings. The number of ether oxygens (including phenoxy) is 1. The molecule has 9 heteroatoms. The van der Waals surface area contributed by atoms with Gasteiger partial charge in [-0.1, -0.05) is 23.2 Å². The van der Waals surface area contributed by atoms with Crippen LogP contribution in [0.2, 0.25) is 10.0 Å². The summed E-state index contributed by atoms with van der Waals surface area (Å²) in [6.45, 7) is 6.67. The van der Waals surface area contributed by atoms with Crippen LogP contribution in [-0.2, 0) is 14.8 Å². The minimum atomic E-state index is -3.60. The van der Waals surface area contributed by atoms with Gasteiger partial charge in [0.1, 0.15) is 5.60 Å². The van der Waals surface area contributed by atoms with Crippen molar-refractivity contribution in [3.8, 4) is 0 Å². The molecule has 146 valence electrons. The predicted molar refractivity (Wildman–Crippen MR) is 102 cm³/mol. The van der Waals surface area contributed by atoms with Crippen LogP contribution in [0.3, 0.4) is 0 Å². The first-order valence-electron chi connectivity index (χ1n) is 8.41. The summed E-state index contributed by atoms with van der Waals surface area (Å²) in [5.41, 5.74) is -0.540. The molecule has 26 heavy (non-hydrogen) atoms. The van der Waals surface area contributed by atoms with E-state index in [1.54, 1.807) is 20.8 Å². The molecular formula is C17H24Cl2N2O4S. The van der Waals surface area contributed by atoms with Crippen molar-refractivity contribution >= 4 is 39.3 Å². The zero-order chi connectivity index (χ0) is 19.5. The van der Waals surface area contributed by atoms with E-state index in [1.807, 2.05) is 0 Å². The average molecular weight is 423 g/mol. The minimum absolute atomic E-state index is 0.136. The van der Waals surface area contributed by atoms with Crippen LogP contribution in [-0.4, -0.2) is 44.1 Å². The Labute approximate surface area is 164 Å². The Morgan fingerprint density at radius 2 is 1.85 bits per heavy atom. The van der Waals surface area contributed by atoms with Crippen LogP contribution >= 0.6 is 23.2 Å². The van der Waals surface area contributed by atoms with Gasteiger partial charge in [0.25, 0.3) is 0 Å². The number of nitrogens with one attached hydrogen (secondary N) is 1. The van der Waals surface area contributed by atoms with Gasteiger partial charge in [-0.2, -0.15) is 4.31 Å². The van der Waals surface area contributed by atoms with Crippen molar-refractivity contribution in [2.75, 3.05) is 19.6 Å². The number of alkyl carbamates (subject to hydrolysis) is 1. The van der Waals surface area contributed by atoms with Gasteiger partial charge in [0.2, 0.25) is 10.0 Å². The highest BCUT2D eigenvalue weighted by Crippen LogP contribution is 2.28. The first-order chi connectivity index (χ1) is 12.0. The highest BCUT2D eigenvalue weighted by atomic mass is 35.5. The number of halogens is 2. The monoisotopic (exact) mass is 422 g/mol. The number of nitrogens with zero attached hydrogens (tertiary/aromatic N) is 1. The third-order valence-electron chi connectivity index (χ3n) is 4.04. The van der Waals surface area contributed by atoms with Gasteiger partial charge < -0.3 is 10.1 Å². The molecule has 6 nitrogen and oxygen atoms in total. The maximum Gasteiger partial charge on any atom is 0.407 e. The number of sulfonamides is 1. The van der Waals surface area contributed by atoms with Gasteiger partial charge in [-0.3, -0.25) is 0 Å². The van der Waals surface area contributed by atoms with Crippen LogP contribution in [0.4, 0.5) is 4.79 Å². The maximum atomic E-state index is 12.7. The fourth-order valence-electron chi connectivity index (χ4n) is 2.68. The van der Waals surface area contributed by atoms with Crippen LogP contribution in [0, 0.1) is 5.92 Å². The van der Waals surface area contributed by atoms with Gasteiger partial charge in [-0.05, 0) is 57.7 Å². The number of amides is 1. The van der Waals surface area contributed by atoms with Crippen molar-refractivity contribution < 1.29 is 17.9 Å². The van der Waals surface area contributed by atoms with Crippen molar-refractivity contribution in [3.05, 3.63) is 28.2 Å². The number of hydrogen-bond acceptors (Lipinski definition) is 4. The van der Waals surface area contributed by atoms with E-state index in [1.165, 1.54) is 22.5 Å². The van der Waals surface area contributed by atoms with Crippen LogP contribution in [0.25, 0.3) is 0 Å². The van der Waals surface area contributed by atoms with Crippen LogP contribution in [0.15, 0.2) is 23.1 Å². The van der Waals surface area contributed by atoms with Crippen LogP contribution in [0.1, 0.15) is 33.6 Å². The van der Waals surface area contributed by atoms with E-state index < -0.39 is 21.7 Å². The summed E-state index contributed by atoms with van der Waals surface area (Å²) in [5, 5.41) is 3.28. The zero-order valence-electron chi connectivity index (χ0n) is 15.1. The smallest absolute Gasteiger partial charge is 0.407 e. The van der Waals surface area contributed by atoms with E-state index >= 15 is 0 Å². The number of carbonyl (C=O) groups is 1. The molecule has 1 heterocycles. The molecule has 2 rings (SSSR count). The maximum absolute atomic E-state index is 12.7. The number of rotatable bonds is 4. The molecule has 1 amide bonds. The van der Waals surface area contributed by atoms with Gasteiger partial charge in [0.15, 0.2) is 0 Å². The third kappa shape index (κ3) is 5.74. The Morgan fingerprint density at radius 1 is 1.23 bits per heavy atom. The summed E-state index contributed by atoms with van der Waals surface area (Å²) in [6.07, 6.45) is 0.871. The molecular weight excluding hydrogens is 399 g/mol. The van der Waals surface area contributed by atoms with Crippen LogP contribution < -0.4 is 5.32 Å². The third-order valence-corrected chi connectivity index (χ3v) is 6.67. The summed E-state index contributed by atoms with van der Waals surface area (Å²) in [6, 6.07) is 4.31. The normalized spacial score (nSPS) is 17.1. The largest absolute Gasteiger partial charge is 0.444 e. The van der Waals surface area contributed by atoms with Gasteiger partial charge in [0, 0.05) is 19.6 Å². The molecule has 0 spiro atoms. The van der Waals surface area contributed by atoms with Gasteiger partial charge >= 0.3 is 6.09 Å². The fourth-order valence-corrected chi connectivity index (χ4v) is 4.54. The van der Waals surface area contributed by atoms with Crippen molar-refractivity contribution in [1.82, 2.24) is 9.62 Å². The lowest BCUT2D eigenvalue weighted by atomic mass is 9.98. The standard InChI is InChI=1S/C17H24Cl2N2O4S/c1-17(2,3)25-16(22)20-11-12-6-8-21(9-7-12)26(23,24)13-4-5-14(18)15(19)10-13/h4-5,10,12H,6-9,11H2,1-3H3,(H,20,22).